The molecule has 1 aliphatic carbocycles. The summed E-state index contributed by atoms with van der Waals surface area (Å²) >= 11 is 0. The van der Waals surface area contributed by atoms with Gasteiger partial charge in [-0.15, -0.1) is 0 Å². The van der Waals surface area contributed by atoms with E-state index >= 15 is 0 Å². The van der Waals surface area contributed by atoms with Crippen molar-refractivity contribution in [2.24, 2.45) is 11.8 Å². The zero-order chi connectivity index (χ0) is 28.9. The van der Waals surface area contributed by atoms with Crippen LogP contribution in [0.5, 0.6) is 0 Å². The molecule has 0 saturated heterocycles. The van der Waals surface area contributed by atoms with Gasteiger partial charge in [0, 0.05) is 11.5 Å². The number of aliphatic hydroxyl groups is 2. The van der Waals surface area contributed by atoms with Crippen LogP contribution in [0.25, 0.3) is 0 Å². The van der Waals surface area contributed by atoms with Gasteiger partial charge in [-0.3, -0.25) is 0 Å². The molecular formula is C24H38F6O6. The minimum atomic E-state index is -6.05. The fourth-order valence-corrected chi connectivity index (χ4v) is 4.54. The third kappa shape index (κ3) is 6.54. The van der Waals surface area contributed by atoms with E-state index in [4.69, 9.17) is 14.2 Å². The Morgan fingerprint density at radius 1 is 0.861 bits per heavy atom. The van der Waals surface area contributed by atoms with Crippen molar-refractivity contribution in [3.63, 3.8) is 0 Å². The lowest BCUT2D eigenvalue weighted by Crippen LogP contribution is -2.67. The summed E-state index contributed by atoms with van der Waals surface area (Å²) < 4.78 is 97.0. The molecule has 5 atom stereocenters. The highest BCUT2D eigenvalue weighted by atomic mass is 19.4. The van der Waals surface area contributed by atoms with E-state index in [1.165, 1.54) is 34.6 Å². The first kappa shape index (κ1) is 32.7. The van der Waals surface area contributed by atoms with Crippen LogP contribution in [-0.4, -0.2) is 69.3 Å². The second-order valence-electron chi connectivity index (χ2n) is 11.2. The largest absolute Gasteiger partial charge is 0.459 e. The lowest BCUT2D eigenvalue weighted by atomic mass is 9.58. The summed E-state index contributed by atoms with van der Waals surface area (Å²) in [6.45, 7) is 15.9. The smallest absolute Gasteiger partial charge is 0.428 e. The van der Waals surface area contributed by atoms with Crippen molar-refractivity contribution < 1.29 is 55.6 Å². The maximum absolute atomic E-state index is 13.4. The van der Waals surface area contributed by atoms with Crippen LogP contribution in [0, 0.1) is 11.8 Å². The van der Waals surface area contributed by atoms with Gasteiger partial charge in [-0.05, 0) is 74.7 Å². The van der Waals surface area contributed by atoms with Gasteiger partial charge >= 0.3 is 18.3 Å². The van der Waals surface area contributed by atoms with Crippen LogP contribution in [0.1, 0.15) is 68.7 Å². The first-order chi connectivity index (χ1) is 15.7. The van der Waals surface area contributed by atoms with Crippen molar-refractivity contribution in [2.45, 2.75) is 122 Å². The van der Waals surface area contributed by atoms with Gasteiger partial charge in [0.2, 0.25) is 0 Å². The van der Waals surface area contributed by atoms with E-state index < -0.39 is 70.9 Å². The Balaban J connectivity index is 3.37. The molecule has 1 aliphatic rings. The van der Waals surface area contributed by atoms with E-state index in [1.54, 1.807) is 20.8 Å². The fraction of sp³-hybridized carbons (Fsp3) is 0.875. The SMILES string of the molecule is C=C(C)C(=O)OC1CC(C(C)(C)OC(C)C(O)(C(F)(F)F)C(F)(F)F)C1C(C)(C)OC(C)C(C)(C)O. The van der Waals surface area contributed by atoms with Crippen molar-refractivity contribution in [3.8, 4) is 0 Å². The van der Waals surface area contributed by atoms with Crippen LogP contribution in [0.3, 0.4) is 0 Å². The number of hydrogen-bond donors (Lipinski definition) is 2. The van der Waals surface area contributed by atoms with E-state index in [2.05, 4.69) is 6.58 Å². The second kappa shape index (κ2) is 10.1. The maximum Gasteiger partial charge on any atom is 0.428 e. The average Bonchev–Trinajstić information content (AvgIpc) is 2.59. The van der Waals surface area contributed by atoms with Crippen LogP contribution in [0.4, 0.5) is 26.3 Å². The quantitative estimate of drug-likeness (QED) is 0.230. The molecule has 36 heavy (non-hydrogen) atoms. The summed E-state index contributed by atoms with van der Waals surface area (Å²) in [6, 6.07) is 0. The number of carbonyl (C=O) groups excluding carboxylic acids is 1. The Morgan fingerprint density at radius 2 is 1.28 bits per heavy atom. The normalized spacial score (nSPS) is 24.1. The Hall–Kier alpha value is -1.37. The number of ether oxygens (including phenoxy) is 3. The molecule has 12 heteroatoms. The topological polar surface area (TPSA) is 85.2 Å². The van der Waals surface area contributed by atoms with Gasteiger partial charge in [-0.1, -0.05) is 6.58 Å². The molecule has 0 aliphatic heterocycles. The summed E-state index contributed by atoms with van der Waals surface area (Å²) in [6.07, 6.45) is -16.3. The summed E-state index contributed by atoms with van der Waals surface area (Å²) in [4.78, 5) is 12.2. The number of alkyl halides is 6. The van der Waals surface area contributed by atoms with E-state index in [0.717, 1.165) is 0 Å². The van der Waals surface area contributed by atoms with Crippen LogP contribution < -0.4 is 0 Å². The Bertz CT molecular complexity index is 797. The Kier molecular flexibility index (Phi) is 9.14. The summed E-state index contributed by atoms with van der Waals surface area (Å²) in [5.41, 5.74) is -9.11. The number of esters is 1. The van der Waals surface area contributed by atoms with Gasteiger partial charge < -0.3 is 24.4 Å². The van der Waals surface area contributed by atoms with E-state index in [1.807, 2.05) is 0 Å². The lowest BCUT2D eigenvalue weighted by molar-refractivity contribution is -0.401. The summed E-state index contributed by atoms with van der Waals surface area (Å²) in [5, 5.41) is 20.1. The Morgan fingerprint density at radius 3 is 1.64 bits per heavy atom. The molecule has 5 unspecified atom stereocenters. The van der Waals surface area contributed by atoms with Crippen LogP contribution in [-0.2, 0) is 19.0 Å². The van der Waals surface area contributed by atoms with E-state index in [-0.39, 0.29) is 12.0 Å². The number of rotatable bonds is 10. The molecule has 0 heterocycles. The molecule has 0 aromatic heterocycles. The molecule has 0 radical (unpaired) electrons. The molecule has 6 nitrogen and oxygen atoms in total. The van der Waals surface area contributed by atoms with Crippen LogP contribution in [0.2, 0.25) is 0 Å². The molecular weight excluding hydrogens is 498 g/mol. The van der Waals surface area contributed by atoms with Gasteiger partial charge in [0.15, 0.2) is 0 Å². The fourth-order valence-electron chi connectivity index (χ4n) is 4.54. The molecule has 212 valence electrons. The first-order valence-corrected chi connectivity index (χ1v) is 11.5. The number of hydrogen-bond acceptors (Lipinski definition) is 6. The highest BCUT2D eigenvalue weighted by molar-refractivity contribution is 5.87. The van der Waals surface area contributed by atoms with Gasteiger partial charge in [-0.25, -0.2) is 4.79 Å². The number of halogens is 6. The van der Waals surface area contributed by atoms with Gasteiger partial charge in [0.1, 0.15) is 12.2 Å². The highest BCUT2D eigenvalue weighted by Gasteiger charge is 2.74. The van der Waals surface area contributed by atoms with Crippen molar-refractivity contribution in [3.05, 3.63) is 12.2 Å². The number of carbonyl (C=O) groups is 1. The van der Waals surface area contributed by atoms with Crippen molar-refractivity contribution in [1.29, 1.82) is 0 Å². The molecule has 0 amide bonds. The molecule has 0 spiro atoms. The first-order valence-electron chi connectivity index (χ1n) is 11.5. The molecule has 1 fully saturated rings. The maximum atomic E-state index is 13.4. The molecule has 0 bridgehead atoms. The summed E-state index contributed by atoms with van der Waals surface area (Å²) in [5.74, 6) is -2.22. The molecule has 1 rings (SSSR count). The van der Waals surface area contributed by atoms with Gasteiger partial charge in [0.05, 0.1) is 22.9 Å². The van der Waals surface area contributed by atoms with Gasteiger partial charge in [0.25, 0.3) is 5.60 Å². The molecule has 0 aromatic carbocycles. The third-order valence-corrected chi connectivity index (χ3v) is 7.03. The van der Waals surface area contributed by atoms with E-state index in [9.17, 15) is 41.4 Å². The second-order valence-corrected chi connectivity index (χ2v) is 11.2. The minimum absolute atomic E-state index is 0.0452. The molecule has 0 aromatic rings. The van der Waals surface area contributed by atoms with E-state index in [0.29, 0.717) is 6.92 Å². The predicted molar refractivity (Wildman–Crippen MR) is 119 cm³/mol. The Labute approximate surface area is 208 Å². The molecule has 1 saturated carbocycles. The standard InChI is InChI=1S/C24H38F6O6/c1-12(2)18(31)34-16-11-15(17(16)21(9,10)35-13(3)19(5,6)32)20(7,8)36-14(4)22(33,23(25,26)27)24(28,29)30/h13-17,32-33H,1,11H2,2-10H3. The molecule has 2 N–H and O–H groups in total. The zero-order valence-corrected chi connectivity index (χ0v) is 22.1. The zero-order valence-electron chi connectivity index (χ0n) is 22.1. The van der Waals surface area contributed by atoms with Crippen molar-refractivity contribution >= 4 is 5.97 Å². The predicted octanol–water partition coefficient (Wildman–Crippen LogP) is 5.10. The van der Waals surface area contributed by atoms with Crippen molar-refractivity contribution in [2.75, 3.05) is 0 Å². The lowest BCUT2D eigenvalue weighted by Gasteiger charge is -2.57. The third-order valence-electron chi connectivity index (χ3n) is 7.03. The highest BCUT2D eigenvalue weighted by Crippen LogP contribution is 2.54. The van der Waals surface area contributed by atoms with Crippen molar-refractivity contribution in [1.82, 2.24) is 0 Å². The van der Waals surface area contributed by atoms with Crippen LogP contribution in [0.15, 0.2) is 12.2 Å². The average molecular weight is 537 g/mol. The minimum Gasteiger partial charge on any atom is -0.459 e. The van der Waals surface area contributed by atoms with Crippen LogP contribution >= 0.6 is 0 Å². The summed E-state index contributed by atoms with van der Waals surface area (Å²) in [7, 11) is 0. The monoisotopic (exact) mass is 536 g/mol. The van der Waals surface area contributed by atoms with Gasteiger partial charge in [-0.2, -0.15) is 26.3 Å².